The molecule has 0 aliphatic carbocycles. The topological polar surface area (TPSA) is 74.3 Å². The van der Waals surface area contributed by atoms with Crippen LogP contribution in [0.4, 0.5) is 0 Å². The van der Waals surface area contributed by atoms with Crippen LogP contribution in [0.5, 0.6) is 0 Å². The van der Waals surface area contributed by atoms with Crippen molar-refractivity contribution in [3.63, 3.8) is 0 Å². The predicted molar refractivity (Wildman–Crippen MR) is 260 cm³/mol. The lowest BCUT2D eigenvalue weighted by atomic mass is 9.97. The van der Waals surface area contributed by atoms with Gasteiger partial charge in [-0.25, -0.2) is 15.0 Å². The number of nitrogens with zero attached hydrogens (tertiary/aromatic N) is 7. The van der Waals surface area contributed by atoms with E-state index in [0.717, 1.165) is 83.0 Å². The number of para-hydroxylation sites is 1. The van der Waals surface area contributed by atoms with Gasteiger partial charge in [0, 0.05) is 43.8 Å². The lowest BCUT2D eigenvalue weighted by Crippen LogP contribution is -2.06. The van der Waals surface area contributed by atoms with Crippen LogP contribution in [0.1, 0.15) is 0 Å². The molecule has 64 heavy (non-hydrogen) atoms. The molecule has 0 radical (unpaired) electrons. The van der Waals surface area contributed by atoms with Crippen molar-refractivity contribution in [3.05, 3.63) is 212 Å². The molecule has 0 saturated carbocycles. The van der Waals surface area contributed by atoms with Gasteiger partial charge in [0.05, 0.1) is 33.5 Å². The molecule has 0 unspecified atom stereocenters. The SMILES string of the molecule is c1ccc(-c2cc(-c3ccccc3)nc(-n3c4ccccc4c4ccc(-c5cc6ccc7cccc8c7c6c(c5)n8-c5nc(-c6ccccc6)nc(-c6ccccc6)n5)cc43)n2)cc1. The highest BCUT2D eigenvalue weighted by molar-refractivity contribution is 6.25. The first-order chi connectivity index (χ1) is 31.7. The van der Waals surface area contributed by atoms with Crippen LogP contribution in [0.2, 0.25) is 0 Å². The van der Waals surface area contributed by atoms with Gasteiger partial charge in [-0.15, -0.1) is 0 Å². The van der Waals surface area contributed by atoms with Gasteiger partial charge in [-0.2, -0.15) is 9.97 Å². The molecule has 0 aliphatic rings. The third-order valence-corrected chi connectivity index (χ3v) is 12.3. The van der Waals surface area contributed by atoms with E-state index >= 15 is 0 Å². The molecule has 7 heteroatoms. The predicted octanol–water partition coefficient (Wildman–Crippen LogP) is 13.8. The van der Waals surface area contributed by atoms with Gasteiger partial charge in [0.1, 0.15) is 0 Å². The van der Waals surface area contributed by atoms with Gasteiger partial charge in [-0.1, -0.05) is 176 Å². The molecule has 0 fully saturated rings. The molecule has 298 valence electrons. The van der Waals surface area contributed by atoms with E-state index in [1.54, 1.807) is 0 Å². The van der Waals surface area contributed by atoms with E-state index in [1.165, 1.54) is 16.2 Å². The number of hydrogen-bond donors (Lipinski definition) is 0. The summed E-state index contributed by atoms with van der Waals surface area (Å²) in [7, 11) is 0. The maximum Gasteiger partial charge on any atom is 0.238 e. The second-order valence-electron chi connectivity index (χ2n) is 16.1. The van der Waals surface area contributed by atoms with Gasteiger partial charge in [0.25, 0.3) is 0 Å². The highest BCUT2D eigenvalue weighted by atomic mass is 15.2. The summed E-state index contributed by atoms with van der Waals surface area (Å²) in [5.41, 5.74) is 11.9. The molecule has 7 nitrogen and oxygen atoms in total. The zero-order chi connectivity index (χ0) is 42.1. The Morgan fingerprint density at radius 3 is 1.42 bits per heavy atom. The largest absolute Gasteiger partial charge is 0.278 e. The molecule has 0 saturated heterocycles. The molecule has 0 bridgehead atoms. The lowest BCUT2D eigenvalue weighted by molar-refractivity contribution is 0.954. The van der Waals surface area contributed by atoms with Gasteiger partial charge >= 0.3 is 0 Å². The molecule has 13 rings (SSSR count). The first-order valence-corrected chi connectivity index (χ1v) is 21.4. The molecule has 9 aromatic carbocycles. The summed E-state index contributed by atoms with van der Waals surface area (Å²) in [6, 6.07) is 73.9. The lowest BCUT2D eigenvalue weighted by Gasteiger charge is -2.13. The molecule has 0 spiro atoms. The van der Waals surface area contributed by atoms with Crippen LogP contribution in [0.3, 0.4) is 0 Å². The van der Waals surface area contributed by atoms with Crippen molar-refractivity contribution in [2.45, 2.75) is 0 Å². The summed E-state index contributed by atoms with van der Waals surface area (Å²) in [5.74, 6) is 2.41. The van der Waals surface area contributed by atoms with Gasteiger partial charge in [-0.05, 0) is 58.3 Å². The van der Waals surface area contributed by atoms with Crippen LogP contribution in [-0.4, -0.2) is 34.1 Å². The fraction of sp³-hybridized carbons (Fsp3) is 0. The maximum absolute atomic E-state index is 5.30. The van der Waals surface area contributed by atoms with Crippen LogP contribution >= 0.6 is 0 Å². The third kappa shape index (κ3) is 5.79. The first-order valence-electron chi connectivity index (χ1n) is 21.4. The fourth-order valence-electron chi connectivity index (χ4n) is 9.39. The van der Waals surface area contributed by atoms with Crippen molar-refractivity contribution in [2.24, 2.45) is 0 Å². The standard InChI is InChI=1S/C57H35N7/c1-5-16-36(17-6-1)46-35-47(37-18-7-2-8-19-37)59-56(58-46)63-48-26-14-13-25-44(48)45-31-30-41(33-50(45)63)43-32-42-29-28-38-24-15-27-49-52(38)53(42)51(34-43)64(49)57-61-54(39-20-9-3-10-21-39)60-55(62-57)40-22-11-4-12-23-40/h1-35H. The first kappa shape index (κ1) is 35.9. The summed E-state index contributed by atoms with van der Waals surface area (Å²) in [4.78, 5) is 26.1. The molecule has 0 atom stereocenters. The van der Waals surface area contributed by atoms with E-state index < -0.39 is 0 Å². The van der Waals surface area contributed by atoms with E-state index in [-0.39, 0.29) is 0 Å². The Kier molecular flexibility index (Phi) is 8.08. The van der Waals surface area contributed by atoms with E-state index in [4.69, 9.17) is 24.9 Å². The van der Waals surface area contributed by atoms with Crippen molar-refractivity contribution in [1.82, 2.24) is 34.1 Å². The summed E-state index contributed by atoms with van der Waals surface area (Å²) in [6.07, 6.45) is 0. The quantitative estimate of drug-likeness (QED) is 0.150. The fourth-order valence-corrected chi connectivity index (χ4v) is 9.39. The Labute approximate surface area is 367 Å². The maximum atomic E-state index is 5.30. The Balaban J connectivity index is 1.06. The average molecular weight is 818 g/mol. The normalized spacial score (nSPS) is 11.8. The van der Waals surface area contributed by atoms with Crippen molar-refractivity contribution in [3.8, 4) is 68.3 Å². The Bertz CT molecular complexity index is 3760. The second kappa shape index (κ2) is 14.4. The molecular formula is C57H35N7. The minimum absolute atomic E-state index is 0.565. The molecule has 13 aromatic rings. The number of benzene rings is 9. The minimum atomic E-state index is 0.565. The molecular weight excluding hydrogens is 783 g/mol. The zero-order valence-electron chi connectivity index (χ0n) is 34.3. The van der Waals surface area contributed by atoms with Crippen molar-refractivity contribution >= 4 is 54.4 Å². The summed E-state index contributed by atoms with van der Waals surface area (Å²) in [5, 5.41) is 6.93. The van der Waals surface area contributed by atoms with Crippen LogP contribution in [-0.2, 0) is 0 Å². The highest BCUT2D eigenvalue weighted by Gasteiger charge is 2.23. The molecule has 0 N–H and O–H groups in total. The molecule has 0 aliphatic heterocycles. The minimum Gasteiger partial charge on any atom is -0.278 e. The van der Waals surface area contributed by atoms with E-state index in [0.29, 0.717) is 23.5 Å². The van der Waals surface area contributed by atoms with Crippen molar-refractivity contribution in [2.75, 3.05) is 0 Å². The zero-order valence-corrected chi connectivity index (χ0v) is 34.3. The molecule has 0 amide bonds. The van der Waals surface area contributed by atoms with Crippen LogP contribution < -0.4 is 0 Å². The van der Waals surface area contributed by atoms with Gasteiger partial charge in [0.15, 0.2) is 11.6 Å². The second-order valence-corrected chi connectivity index (χ2v) is 16.1. The summed E-state index contributed by atoms with van der Waals surface area (Å²) in [6.45, 7) is 0. The Hall–Kier alpha value is -8.81. The number of fused-ring (bicyclic) bond motifs is 3. The van der Waals surface area contributed by atoms with Crippen molar-refractivity contribution in [1.29, 1.82) is 0 Å². The average Bonchev–Trinajstić information content (AvgIpc) is 3.89. The van der Waals surface area contributed by atoms with E-state index in [9.17, 15) is 0 Å². The summed E-state index contributed by atoms with van der Waals surface area (Å²) >= 11 is 0. The van der Waals surface area contributed by atoms with Gasteiger partial charge in [0.2, 0.25) is 11.9 Å². The third-order valence-electron chi connectivity index (χ3n) is 12.3. The Morgan fingerprint density at radius 1 is 0.266 bits per heavy atom. The van der Waals surface area contributed by atoms with Crippen LogP contribution in [0.15, 0.2) is 212 Å². The molecule has 4 aromatic heterocycles. The number of aromatic nitrogens is 7. The van der Waals surface area contributed by atoms with Crippen molar-refractivity contribution < 1.29 is 0 Å². The van der Waals surface area contributed by atoms with Gasteiger partial charge in [-0.3, -0.25) is 9.13 Å². The number of rotatable bonds is 7. The monoisotopic (exact) mass is 817 g/mol. The van der Waals surface area contributed by atoms with Gasteiger partial charge < -0.3 is 0 Å². The Morgan fingerprint density at radius 2 is 0.766 bits per heavy atom. The van der Waals surface area contributed by atoms with E-state index in [2.05, 4.69) is 149 Å². The van der Waals surface area contributed by atoms with Crippen LogP contribution in [0.25, 0.3) is 123 Å². The summed E-state index contributed by atoms with van der Waals surface area (Å²) < 4.78 is 4.44. The highest BCUT2D eigenvalue weighted by Crippen LogP contribution is 2.42. The number of hydrogen-bond acceptors (Lipinski definition) is 5. The molecule has 4 heterocycles. The van der Waals surface area contributed by atoms with Crippen LogP contribution in [0, 0.1) is 0 Å². The van der Waals surface area contributed by atoms with E-state index in [1.807, 2.05) is 72.8 Å². The smallest absolute Gasteiger partial charge is 0.238 e.